The molecule has 104 valence electrons. The molecule has 0 saturated carbocycles. The summed E-state index contributed by atoms with van der Waals surface area (Å²) in [6.45, 7) is 6.18. The van der Waals surface area contributed by atoms with Crippen LogP contribution in [0.25, 0.3) is 0 Å². The first-order valence-electron chi connectivity index (χ1n) is 6.14. The predicted molar refractivity (Wildman–Crippen MR) is 73.5 cm³/mol. The van der Waals surface area contributed by atoms with Crippen LogP contribution < -0.4 is 5.73 Å². The molecule has 0 aliphatic carbocycles. The van der Waals surface area contributed by atoms with Crippen LogP contribution in [0.3, 0.4) is 0 Å². The van der Waals surface area contributed by atoms with Crippen LogP contribution in [0.5, 0.6) is 0 Å². The van der Waals surface area contributed by atoms with Crippen LogP contribution in [-0.2, 0) is 9.53 Å². The van der Waals surface area contributed by atoms with Crippen LogP contribution in [-0.4, -0.2) is 43.7 Å². The smallest absolute Gasteiger partial charge is 0.222 e. The van der Waals surface area contributed by atoms with Gasteiger partial charge >= 0.3 is 0 Å². The van der Waals surface area contributed by atoms with Crippen molar-refractivity contribution in [1.82, 2.24) is 4.90 Å². The summed E-state index contributed by atoms with van der Waals surface area (Å²) in [4.78, 5) is 13.8. The van der Waals surface area contributed by atoms with Crippen LogP contribution in [0.1, 0.15) is 39.5 Å². The molecule has 5 heteroatoms. The number of carbonyl (C=O) groups excluding carboxylic acids is 1. The molecule has 4 nitrogen and oxygen atoms in total. The van der Waals surface area contributed by atoms with E-state index < -0.39 is 0 Å². The number of hydrogen-bond donors (Lipinski definition) is 1. The van der Waals surface area contributed by atoms with E-state index in [0.717, 1.165) is 25.8 Å². The number of amides is 1. The molecular weight excluding hydrogens is 240 g/mol. The van der Waals surface area contributed by atoms with Crippen LogP contribution in [0.2, 0.25) is 0 Å². The maximum Gasteiger partial charge on any atom is 0.222 e. The summed E-state index contributed by atoms with van der Waals surface area (Å²) >= 11 is 0. The molecule has 1 amide bonds. The zero-order valence-electron chi connectivity index (χ0n) is 11.3. The number of nitrogens with zero attached hydrogens (tertiary/aromatic N) is 1. The van der Waals surface area contributed by atoms with Gasteiger partial charge in [0, 0.05) is 32.7 Å². The molecule has 0 aliphatic heterocycles. The fraction of sp³-hybridized carbons (Fsp3) is 0.917. The Hall–Kier alpha value is -0.320. The van der Waals surface area contributed by atoms with E-state index >= 15 is 0 Å². The molecule has 1 atom stereocenters. The highest BCUT2D eigenvalue weighted by molar-refractivity contribution is 5.85. The van der Waals surface area contributed by atoms with Gasteiger partial charge in [0.25, 0.3) is 0 Å². The van der Waals surface area contributed by atoms with Crippen LogP contribution in [0, 0.1) is 0 Å². The van der Waals surface area contributed by atoms with E-state index in [1.807, 2.05) is 11.8 Å². The Balaban J connectivity index is 0. The SMILES string of the molecule is CCCCN(CCOC)C(=O)CCC(C)N.Cl. The molecule has 0 aromatic heterocycles. The molecule has 17 heavy (non-hydrogen) atoms. The van der Waals surface area contributed by atoms with Crippen molar-refractivity contribution in [1.29, 1.82) is 0 Å². The second kappa shape index (κ2) is 12.1. The van der Waals surface area contributed by atoms with Gasteiger partial charge in [-0.25, -0.2) is 0 Å². The Bertz CT molecular complexity index is 181. The molecular formula is C12H27ClN2O2. The summed E-state index contributed by atoms with van der Waals surface area (Å²) in [5, 5.41) is 0. The van der Waals surface area contributed by atoms with Gasteiger partial charge in [0.15, 0.2) is 0 Å². The normalized spacial score (nSPS) is 11.8. The molecule has 0 aromatic rings. The first kappa shape index (κ1) is 19.0. The number of carbonyl (C=O) groups is 1. The van der Waals surface area contributed by atoms with Gasteiger partial charge in [-0.2, -0.15) is 0 Å². The maximum absolute atomic E-state index is 11.9. The number of halogens is 1. The number of rotatable bonds is 9. The number of unbranched alkanes of at least 4 members (excludes halogenated alkanes) is 1. The highest BCUT2D eigenvalue weighted by Crippen LogP contribution is 2.02. The Kier molecular flexibility index (Phi) is 13.6. The van der Waals surface area contributed by atoms with E-state index in [2.05, 4.69) is 6.92 Å². The van der Waals surface area contributed by atoms with E-state index in [4.69, 9.17) is 10.5 Å². The van der Waals surface area contributed by atoms with E-state index in [0.29, 0.717) is 19.6 Å². The molecule has 0 radical (unpaired) electrons. The van der Waals surface area contributed by atoms with Gasteiger partial charge in [-0.05, 0) is 19.8 Å². The quantitative estimate of drug-likeness (QED) is 0.693. The largest absolute Gasteiger partial charge is 0.383 e. The first-order valence-corrected chi connectivity index (χ1v) is 6.14. The summed E-state index contributed by atoms with van der Waals surface area (Å²) in [5.41, 5.74) is 5.65. The van der Waals surface area contributed by atoms with Gasteiger partial charge in [-0.15, -0.1) is 12.4 Å². The lowest BCUT2D eigenvalue weighted by Gasteiger charge is -2.22. The fourth-order valence-electron chi connectivity index (χ4n) is 1.42. The Morgan fingerprint density at radius 3 is 2.53 bits per heavy atom. The van der Waals surface area contributed by atoms with Gasteiger partial charge in [-0.3, -0.25) is 4.79 Å². The van der Waals surface area contributed by atoms with Crippen LogP contribution in [0.4, 0.5) is 0 Å². The second-order valence-corrected chi connectivity index (χ2v) is 4.24. The van der Waals surface area contributed by atoms with Crippen molar-refractivity contribution in [2.45, 2.75) is 45.6 Å². The lowest BCUT2D eigenvalue weighted by atomic mass is 10.1. The third kappa shape index (κ3) is 10.5. The number of nitrogens with two attached hydrogens (primary N) is 1. The van der Waals surface area contributed by atoms with E-state index in [1.54, 1.807) is 7.11 Å². The van der Waals surface area contributed by atoms with Gasteiger partial charge in [0.1, 0.15) is 0 Å². The van der Waals surface area contributed by atoms with E-state index in [-0.39, 0.29) is 24.4 Å². The summed E-state index contributed by atoms with van der Waals surface area (Å²) in [6, 6.07) is 0.0967. The molecule has 0 rings (SSSR count). The third-order valence-corrected chi connectivity index (χ3v) is 2.51. The third-order valence-electron chi connectivity index (χ3n) is 2.51. The molecule has 0 aliphatic rings. The van der Waals surface area contributed by atoms with Crippen molar-refractivity contribution in [3.05, 3.63) is 0 Å². The van der Waals surface area contributed by atoms with Crippen LogP contribution in [0.15, 0.2) is 0 Å². The topological polar surface area (TPSA) is 55.6 Å². The Labute approximate surface area is 111 Å². The zero-order valence-corrected chi connectivity index (χ0v) is 12.1. The summed E-state index contributed by atoms with van der Waals surface area (Å²) in [6.07, 6.45) is 3.46. The molecule has 0 aromatic carbocycles. The molecule has 0 spiro atoms. The van der Waals surface area contributed by atoms with Crippen molar-refractivity contribution < 1.29 is 9.53 Å². The minimum atomic E-state index is 0. The van der Waals surface area contributed by atoms with Crippen molar-refractivity contribution >= 4 is 18.3 Å². The predicted octanol–water partition coefficient (Wildman–Crippen LogP) is 1.81. The van der Waals surface area contributed by atoms with Gasteiger partial charge in [0.05, 0.1) is 6.61 Å². The molecule has 0 heterocycles. The van der Waals surface area contributed by atoms with Gasteiger partial charge in [0.2, 0.25) is 5.91 Å². The van der Waals surface area contributed by atoms with Crippen LogP contribution >= 0.6 is 12.4 Å². The summed E-state index contributed by atoms with van der Waals surface area (Å²) < 4.78 is 5.01. The van der Waals surface area contributed by atoms with E-state index in [9.17, 15) is 4.79 Å². The molecule has 2 N–H and O–H groups in total. The monoisotopic (exact) mass is 266 g/mol. The van der Waals surface area contributed by atoms with Crippen molar-refractivity contribution in [2.75, 3.05) is 26.8 Å². The van der Waals surface area contributed by atoms with Gasteiger partial charge in [-0.1, -0.05) is 13.3 Å². The summed E-state index contributed by atoms with van der Waals surface area (Å²) in [5.74, 6) is 0.197. The lowest BCUT2D eigenvalue weighted by molar-refractivity contribution is -0.132. The standard InChI is InChI=1S/C12H26N2O2.ClH/c1-4-5-8-14(9-10-16-3)12(15)7-6-11(2)13;/h11H,4-10,13H2,1-3H3;1H. The molecule has 1 unspecified atom stereocenters. The zero-order chi connectivity index (χ0) is 12.4. The van der Waals surface area contributed by atoms with Crippen molar-refractivity contribution in [3.63, 3.8) is 0 Å². The Morgan fingerprint density at radius 1 is 1.41 bits per heavy atom. The van der Waals surface area contributed by atoms with Gasteiger partial charge < -0.3 is 15.4 Å². The van der Waals surface area contributed by atoms with E-state index in [1.165, 1.54) is 0 Å². The fourth-order valence-corrected chi connectivity index (χ4v) is 1.42. The molecule has 0 bridgehead atoms. The maximum atomic E-state index is 11.9. The molecule has 0 fully saturated rings. The average Bonchev–Trinajstić information content (AvgIpc) is 2.26. The van der Waals surface area contributed by atoms with Crippen molar-refractivity contribution in [2.24, 2.45) is 5.73 Å². The second-order valence-electron chi connectivity index (χ2n) is 4.24. The first-order chi connectivity index (χ1) is 7.61. The minimum Gasteiger partial charge on any atom is -0.383 e. The average molecular weight is 267 g/mol. The molecule has 0 saturated heterocycles. The highest BCUT2D eigenvalue weighted by Gasteiger charge is 2.12. The number of ether oxygens (including phenoxy) is 1. The number of hydrogen-bond acceptors (Lipinski definition) is 3. The highest BCUT2D eigenvalue weighted by atomic mass is 35.5. The lowest BCUT2D eigenvalue weighted by Crippen LogP contribution is -2.35. The minimum absolute atomic E-state index is 0. The Morgan fingerprint density at radius 2 is 2.06 bits per heavy atom. The summed E-state index contributed by atoms with van der Waals surface area (Å²) in [7, 11) is 1.66. The van der Waals surface area contributed by atoms with Crippen molar-refractivity contribution in [3.8, 4) is 0 Å². The number of methoxy groups -OCH3 is 1.